The number of urea groups is 1. The molecule has 5 nitrogen and oxygen atoms in total. The van der Waals surface area contributed by atoms with Crippen molar-refractivity contribution in [2.24, 2.45) is 0 Å². The second kappa shape index (κ2) is 7.83. The number of hydrogen-bond donors (Lipinski definition) is 2. The number of benzene rings is 1. The molecule has 0 radical (unpaired) electrons. The van der Waals surface area contributed by atoms with Crippen molar-refractivity contribution in [1.82, 2.24) is 15.2 Å². The highest BCUT2D eigenvalue weighted by molar-refractivity contribution is 5.74. The second-order valence-corrected chi connectivity index (χ2v) is 6.85. The second-order valence-electron chi connectivity index (χ2n) is 6.85. The zero-order chi connectivity index (χ0) is 18.6. The van der Waals surface area contributed by atoms with Crippen LogP contribution in [0.3, 0.4) is 0 Å². The lowest BCUT2D eigenvalue weighted by Crippen LogP contribution is -2.49. The van der Waals surface area contributed by atoms with Crippen molar-refractivity contribution in [2.45, 2.75) is 31.8 Å². The van der Waals surface area contributed by atoms with Crippen molar-refractivity contribution in [2.75, 3.05) is 19.6 Å². The van der Waals surface area contributed by atoms with E-state index in [1.165, 1.54) is 12.1 Å². The van der Waals surface area contributed by atoms with Crippen LogP contribution >= 0.6 is 0 Å². The maximum Gasteiger partial charge on any atom is 0.317 e. The summed E-state index contributed by atoms with van der Waals surface area (Å²) in [6.45, 7) is 3.41. The van der Waals surface area contributed by atoms with Gasteiger partial charge in [-0.1, -0.05) is 18.2 Å². The van der Waals surface area contributed by atoms with Crippen molar-refractivity contribution >= 4 is 6.03 Å². The van der Waals surface area contributed by atoms with Crippen molar-refractivity contribution in [3.63, 3.8) is 0 Å². The Balaban J connectivity index is 1.47. The van der Waals surface area contributed by atoms with Crippen LogP contribution in [0.2, 0.25) is 0 Å². The van der Waals surface area contributed by atoms with Gasteiger partial charge in [-0.15, -0.1) is 0 Å². The number of aliphatic hydroxyl groups is 1. The van der Waals surface area contributed by atoms with Gasteiger partial charge in [0.05, 0.1) is 5.69 Å². The van der Waals surface area contributed by atoms with Gasteiger partial charge in [-0.05, 0) is 55.5 Å². The van der Waals surface area contributed by atoms with Gasteiger partial charge in [0.1, 0.15) is 11.4 Å². The first-order valence-corrected chi connectivity index (χ1v) is 8.89. The van der Waals surface area contributed by atoms with E-state index in [1.54, 1.807) is 23.2 Å². The Morgan fingerprint density at radius 2 is 1.92 bits per heavy atom. The predicted molar refractivity (Wildman–Crippen MR) is 97.2 cm³/mol. The number of aryl methyl sites for hydroxylation is 1. The van der Waals surface area contributed by atoms with E-state index in [0.717, 1.165) is 11.1 Å². The fourth-order valence-electron chi connectivity index (χ4n) is 3.16. The summed E-state index contributed by atoms with van der Waals surface area (Å²) in [5.74, 6) is -0.262. The van der Waals surface area contributed by atoms with Crippen LogP contribution in [0.4, 0.5) is 9.18 Å². The smallest absolute Gasteiger partial charge is 0.317 e. The molecule has 0 spiro atoms. The SMILES string of the molecule is Cc1ccc(C2(O)CCN(C(=O)NCCc3ccc(F)cc3)CC2)nc1. The number of carbonyl (C=O) groups excluding carboxylic acids is 1. The third-order valence-corrected chi connectivity index (χ3v) is 4.87. The number of amides is 2. The van der Waals surface area contributed by atoms with Crippen LogP contribution in [0.5, 0.6) is 0 Å². The third kappa shape index (κ3) is 4.38. The first-order valence-electron chi connectivity index (χ1n) is 8.89. The predicted octanol–water partition coefficient (Wildman–Crippen LogP) is 2.76. The quantitative estimate of drug-likeness (QED) is 0.884. The lowest BCUT2D eigenvalue weighted by Gasteiger charge is -2.37. The number of nitrogens with one attached hydrogen (secondary N) is 1. The van der Waals surface area contributed by atoms with Crippen LogP contribution in [-0.4, -0.2) is 40.7 Å². The zero-order valence-electron chi connectivity index (χ0n) is 14.9. The monoisotopic (exact) mass is 357 g/mol. The molecule has 1 aromatic carbocycles. The number of likely N-dealkylation sites (tertiary alicyclic amines) is 1. The van der Waals surface area contributed by atoms with Gasteiger partial charge in [-0.2, -0.15) is 0 Å². The minimum absolute atomic E-state index is 0.133. The van der Waals surface area contributed by atoms with Crippen molar-refractivity contribution in [3.05, 3.63) is 65.2 Å². The van der Waals surface area contributed by atoms with Gasteiger partial charge in [-0.3, -0.25) is 4.98 Å². The first kappa shape index (κ1) is 18.3. The van der Waals surface area contributed by atoms with Crippen LogP contribution in [-0.2, 0) is 12.0 Å². The lowest BCUT2D eigenvalue weighted by atomic mass is 9.87. The van der Waals surface area contributed by atoms with Crippen LogP contribution in [0.25, 0.3) is 0 Å². The average Bonchev–Trinajstić information content (AvgIpc) is 2.64. The summed E-state index contributed by atoms with van der Waals surface area (Å²) in [6, 6.07) is 9.94. The fourth-order valence-corrected chi connectivity index (χ4v) is 3.16. The minimum atomic E-state index is -0.974. The Morgan fingerprint density at radius 1 is 1.23 bits per heavy atom. The standard InChI is InChI=1S/C20H24FN3O2/c1-15-2-7-18(23-14-15)20(26)9-12-24(13-10-20)19(25)22-11-8-16-3-5-17(21)6-4-16/h2-7,14,26H,8-13H2,1H3,(H,22,25). The topological polar surface area (TPSA) is 65.5 Å². The van der Waals surface area contributed by atoms with Crippen molar-refractivity contribution < 1.29 is 14.3 Å². The van der Waals surface area contributed by atoms with E-state index < -0.39 is 5.60 Å². The summed E-state index contributed by atoms with van der Waals surface area (Å²) in [4.78, 5) is 18.3. The molecule has 0 bridgehead atoms. The molecule has 1 fully saturated rings. The Labute approximate surface area is 152 Å². The Morgan fingerprint density at radius 3 is 2.54 bits per heavy atom. The molecule has 2 heterocycles. The fraction of sp³-hybridized carbons (Fsp3) is 0.400. The van der Waals surface area contributed by atoms with E-state index in [0.29, 0.717) is 44.6 Å². The number of hydrogen-bond acceptors (Lipinski definition) is 3. The molecule has 1 saturated heterocycles. The largest absolute Gasteiger partial charge is 0.383 e. The maximum absolute atomic E-state index is 12.9. The highest BCUT2D eigenvalue weighted by Crippen LogP contribution is 2.31. The normalized spacial score (nSPS) is 16.3. The van der Waals surface area contributed by atoms with Gasteiger partial charge in [0, 0.05) is 25.8 Å². The maximum atomic E-state index is 12.9. The van der Waals surface area contributed by atoms with Crippen LogP contribution < -0.4 is 5.32 Å². The van der Waals surface area contributed by atoms with Crippen LogP contribution in [0, 0.1) is 12.7 Å². The zero-order valence-corrected chi connectivity index (χ0v) is 14.9. The molecule has 138 valence electrons. The number of carbonyl (C=O) groups is 1. The number of rotatable bonds is 4. The first-order chi connectivity index (χ1) is 12.5. The Hall–Kier alpha value is -2.47. The lowest BCUT2D eigenvalue weighted by molar-refractivity contribution is -0.0203. The summed E-state index contributed by atoms with van der Waals surface area (Å²) < 4.78 is 12.9. The molecule has 2 N–H and O–H groups in total. The molecule has 0 saturated carbocycles. The molecule has 2 aromatic rings. The van der Waals surface area contributed by atoms with Crippen LogP contribution in [0.1, 0.15) is 29.7 Å². The number of piperidine rings is 1. The third-order valence-electron chi connectivity index (χ3n) is 4.87. The Kier molecular flexibility index (Phi) is 5.52. The molecular formula is C20H24FN3O2. The summed E-state index contributed by atoms with van der Waals surface area (Å²) >= 11 is 0. The molecule has 3 rings (SSSR count). The number of pyridine rings is 1. The van der Waals surface area contributed by atoms with Gasteiger partial charge in [0.25, 0.3) is 0 Å². The number of aromatic nitrogens is 1. The van der Waals surface area contributed by atoms with Crippen molar-refractivity contribution in [1.29, 1.82) is 0 Å². The average molecular weight is 357 g/mol. The Bertz CT molecular complexity index is 739. The molecule has 0 unspecified atom stereocenters. The van der Waals surface area contributed by atoms with Crippen molar-refractivity contribution in [3.8, 4) is 0 Å². The van der Waals surface area contributed by atoms with E-state index in [-0.39, 0.29) is 11.8 Å². The molecular weight excluding hydrogens is 333 g/mol. The molecule has 2 amide bonds. The van der Waals surface area contributed by atoms with E-state index in [1.807, 2.05) is 19.1 Å². The van der Waals surface area contributed by atoms with Crippen LogP contribution in [0.15, 0.2) is 42.6 Å². The highest BCUT2D eigenvalue weighted by atomic mass is 19.1. The van der Waals surface area contributed by atoms with Gasteiger partial charge >= 0.3 is 6.03 Å². The van der Waals surface area contributed by atoms with E-state index in [2.05, 4.69) is 10.3 Å². The molecule has 1 aliphatic rings. The van der Waals surface area contributed by atoms with E-state index in [4.69, 9.17) is 0 Å². The number of halogens is 1. The van der Waals surface area contributed by atoms with Gasteiger partial charge in [-0.25, -0.2) is 9.18 Å². The van der Waals surface area contributed by atoms with E-state index >= 15 is 0 Å². The summed E-state index contributed by atoms with van der Waals surface area (Å²) in [7, 11) is 0. The minimum Gasteiger partial charge on any atom is -0.383 e. The molecule has 1 aromatic heterocycles. The molecule has 26 heavy (non-hydrogen) atoms. The summed E-state index contributed by atoms with van der Waals surface area (Å²) in [5, 5.41) is 13.7. The molecule has 0 atom stereocenters. The van der Waals surface area contributed by atoms with Gasteiger partial charge in [0.2, 0.25) is 0 Å². The molecule has 0 aliphatic carbocycles. The summed E-state index contributed by atoms with van der Waals surface area (Å²) in [6.07, 6.45) is 3.34. The molecule has 1 aliphatic heterocycles. The molecule has 6 heteroatoms. The van der Waals surface area contributed by atoms with E-state index in [9.17, 15) is 14.3 Å². The number of nitrogens with zero attached hydrogens (tertiary/aromatic N) is 2. The highest BCUT2D eigenvalue weighted by Gasteiger charge is 2.36. The van der Waals surface area contributed by atoms with Gasteiger partial charge < -0.3 is 15.3 Å². The summed E-state index contributed by atoms with van der Waals surface area (Å²) in [5.41, 5.74) is 1.72. The van der Waals surface area contributed by atoms with Gasteiger partial charge in [0.15, 0.2) is 0 Å².